The fourth-order valence-corrected chi connectivity index (χ4v) is 5.92. The van der Waals surface area contributed by atoms with Crippen molar-refractivity contribution in [1.82, 2.24) is 0 Å². The Morgan fingerprint density at radius 3 is 1.04 bits per heavy atom. The van der Waals surface area contributed by atoms with Gasteiger partial charge in [-0.25, -0.2) is 0 Å². The minimum Gasteiger partial charge on any atom is -0.462 e. The summed E-state index contributed by atoms with van der Waals surface area (Å²) < 4.78 is 16.5. The second-order valence-corrected chi connectivity index (χ2v) is 14.4. The topological polar surface area (TPSA) is 78.9 Å². The van der Waals surface area contributed by atoms with E-state index < -0.39 is 6.10 Å². The van der Waals surface area contributed by atoms with Gasteiger partial charge in [0.15, 0.2) is 6.10 Å². The summed E-state index contributed by atoms with van der Waals surface area (Å²) in [7, 11) is 0. The van der Waals surface area contributed by atoms with Crippen LogP contribution in [0.25, 0.3) is 0 Å². The van der Waals surface area contributed by atoms with Crippen molar-refractivity contribution in [2.45, 2.75) is 226 Å². The largest absolute Gasteiger partial charge is 0.462 e. The SMILES string of the molecule is CCCCCCCCCCCC(=O)OC[C@@H](COC(=O)CCCCCCCCCCCCCCC(C)C)OC(=O)CCCCCCC. The van der Waals surface area contributed by atoms with Gasteiger partial charge in [0.1, 0.15) is 13.2 Å². The van der Waals surface area contributed by atoms with Gasteiger partial charge < -0.3 is 14.2 Å². The fourth-order valence-electron chi connectivity index (χ4n) is 5.92. The van der Waals surface area contributed by atoms with Crippen LogP contribution in [0.2, 0.25) is 0 Å². The zero-order valence-corrected chi connectivity index (χ0v) is 31.7. The summed E-state index contributed by atoms with van der Waals surface area (Å²) >= 11 is 0. The van der Waals surface area contributed by atoms with Gasteiger partial charge in [0, 0.05) is 19.3 Å². The number of ether oxygens (including phenoxy) is 3. The molecule has 6 nitrogen and oxygen atoms in total. The second kappa shape index (κ2) is 35.7. The summed E-state index contributed by atoms with van der Waals surface area (Å²) in [6, 6.07) is 0. The first-order chi connectivity index (χ1) is 22.9. The molecule has 0 rings (SSSR count). The molecule has 0 aliphatic carbocycles. The molecule has 0 saturated heterocycles. The van der Waals surface area contributed by atoms with E-state index in [0.29, 0.717) is 19.3 Å². The number of rotatable bonds is 36. The molecule has 0 aliphatic rings. The van der Waals surface area contributed by atoms with Gasteiger partial charge in [-0.2, -0.15) is 0 Å². The van der Waals surface area contributed by atoms with Crippen LogP contribution in [0.5, 0.6) is 0 Å². The third kappa shape index (κ3) is 35.5. The lowest BCUT2D eigenvalue weighted by atomic mass is 10.0. The first kappa shape index (κ1) is 45.4. The lowest BCUT2D eigenvalue weighted by Gasteiger charge is -2.18. The first-order valence-electron chi connectivity index (χ1n) is 20.4. The number of carbonyl (C=O) groups excluding carboxylic acids is 3. The molecule has 0 heterocycles. The monoisotopic (exact) mass is 667 g/mol. The maximum Gasteiger partial charge on any atom is 0.306 e. The van der Waals surface area contributed by atoms with Crippen LogP contribution in [0.1, 0.15) is 220 Å². The highest BCUT2D eigenvalue weighted by Gasteiger charge is 2.19. The molecule has 0 aliphatic heterocycles. The predicted octanol–water partition coefficient (Wildman–Crippen LogP) is 12.4. The van der Waals surface area contributed by atoms with E-state index in [0.717, 1.165) is 70.1 Å². The van der Waals surface area contributed by atoms with E-state index in [9.17, 15) is 14.4 Å². The van der Waals surface area contributed by atoms with E-state index in [1.807, 2.05) is 0 Å². The zero-order valence-electron chi connectivity index (χ0n) is 31.7. The van der Waals surface area contributed by atoms with Gasteiger partial charge in [0.25, 0.3) is 0 Å². The molecule has 0 bridgehead atoms. The van der Waals surface area contributed by atoms with Gasteiger partial charge in [-0.1, -0.05) is 182 Å². The Hall–Kier alpha value is -1.59. The second-order valence-electron chi connectivity index (χ2n) is 14.4. The third-order valence-electron chi connectivity index (χ3n) is 9.04. The Kier molecular flexibility index (Phi) is 34.5. The average Bonchev–Trinajstić information content (AvgIpc) is 3.05. The number of hydrogen-bond donors (Lipinski definition) is 0. The molecular weight excluding hydrogens is 588 g/mol. The van der Waals surface area contributed by atoms with Crippen molar-refractivity contribution in [2.24, 2.45) is 5.92 Å². The Morgan fingerprint density at radius 2 is 0.702 bits per heavy atom. The van der Waals surface area contributed by atoms with Gasteiger partial charge in [0.05, 0.1) is 0 Å². The normalized spacial score (nSPS) is 11.9. The van der Waals surface area contributed by atoms with Gasteiger partial charge in [-0.3, -0.25) is 14.4 Å². The first-order valence-corrected chi connectivity index (χ1v) is 20.4. The molecule has 6 heteroatoms. The predicted molar refractivity (Wildman–Crippen MR) is 196 cm³/mol. The van der Waals surface area contributed by atoms with Crippen molar-refractivity contribution in [3.63, 3.8) is 0 Å². The Bertz CT molecular complexity index is 706. The summed E-state index contributed by atoms with van der Waals surface area (Å²) in [5.41, 5.74) is 0. The zero-order chi connectivity index (χ0) is 34.6. The van der Waals surface area contributed by atoms with E-state index in [1.165, 1.54) is 109 Å². The van der Waals surface area contributed by atoms with Crippen LogP contribution in [0.15, 0.2) is 0 Å². The highest BCUT2D eigenvalue weighted by Crippen LogP contribution is 2.15. The maximum atomic E-state index is 12.5. The van der Waals surface area contributed by atoms with Gasteiger partial charge >= 0.3 is 17.9 Å². The lowest BCUT2D eigenvalue weighted by Crippen LogP contribution is -2.30. The van der Waals surface area contributed by atoms with Crippen molar-refractivity contribution in [3.05, 3.63) is 0 Å². The van der Waals surface area contributed by atoms with Gasteiger partial charge in [-0.15, -0.1) is 0 Å². The molecule has 0 spiro atoms. The number of carbonyl (C=O) groups is 3. The van der Waals surface area contributed by atoms with Crippen LogP contribution in [0, 0.1) is 5.92 Å². The van der Waals surface area contributed by atoms with Crippen molar-refractivity contribution in [3.8, 4) is 0 Å². The van der Waals surface area contributed by atoms with Gasteiger partial charge in [-0.05, 0) is 25.2 Å². The van der Waals surface area contributed by atoms with Crippen LogP contribution >= 0.6 is 0 Å². The van der Waals surface area contributed by atoms with E-state index in [-0.39, 0.29) is 31.1 Å². The average molecular weight is 667 g/mol. The molecule has 0 aromatic rings. The van der Waals surface area contributed by atoms with Crippen LogP contribution in [-0.4, -0.2) is 37.2 Å². The highest BCUT2D eigenvalue weighted by molar-refractivity contribution is 5.71. The molecule has 0 unspecified atom stereocenters. The minimum atomic E-state index is -0.755. The summed E-state index contributed by atoms with van der Waals surface area (Å²) in [4.78, 5) is 37.2. The molecular formula is C41H78O6. The minimum absolute atomic E-state index is 0.0660. The van der Waals surface area contributed by atoms with E-state index in [4.69, 9.17) is 14.2 Å². The lowest BCUT2D eigenvalue weighted by molar-refractivity contribution is -0.167. The van der Waals surface area contributed by atoms with Gasteiger partial charge in [0.2, 0.25) is 0 Å². The highest BCUT2D eigenvalue weighted by atomic mass is 16.6. The number of esters is 3. The molecule has 0 radical (unpaired) electrons. The summed E-state index contributed by atoms with van der Waals surface area (Å²) in [6.45, 7) is 8.88. The number of hydrogen-bond acceptors (Lipinski definition) is 6. The Labute approximate surface area is 291 Å². The van der Waals surface area contributed by atoms with Crippen molar-refractivity contribution in [2.75, 3.05) is 13.2 Å². The van der Waals surface area contributed by atoms with E-state index in [1.54, 1.807) is 0 Å². The molecule has 0 saturated carbocycles. The Balaban J connectivity index is 4.16. The van der Waals surface area contributed by atoms with Crippen LogP contribution in [0.4, 0.5) is 0 Å². The maximum absolute atomic E-state index is 12.5. The van der Waals surface area contributed by atoms with Crippen LogP contribution < -0.4 is 0 Å². The van der Waals surface area contributed by atoms with Crippen LogP contribution in [0.3, 0.4) is 0 Å². The molecule has 278 valence electrons. The fraction of sp³-hybridized carbons (Fsp3) is 0.927. The summed E-state index contributed by atoms with van der Waals surface area (Å²) in [5.74, 6) is -0.0442. The molecule has 0 aromatic carbocycles. The van der Waals surface area contributed by atoms with Crippen molar-refractivity contribution >= 4 is 17.9 Å². The summed E-state index contributed by atoms with van der Waals surface area (Å²) in [6.07, 6.45) is 32.6. The molecule has 0 amide bonds. The molecule has 1 atom stereocenters. The number of unbranched alkanes of at least 4 members (excludes halogenated alkanes) is 23. The molecule has 0 aromatic heterocycles. The van der Waals surface area contributed by atoms with Crippen LogP contribution in [-0.2, 0) is 28.6 Å². The van der Waals surface area contributed by atoms with Crippen molar-refractivity contribution < 1.29 is 28.6 Å². The standard InChI is InChI=1S/C41H78O6/c1-5-7-9-11-12-17-21-25-28-32-39(42)45-35-38(47-41(44)34-30-23-10-8-6-2)36-46-40(43)33-29-26-22-19-16-14-13-15-18-20-24-27-31-37(3)4/h37-38H,5-36H2,1-4H3/t38-/m0/s1. The molecule has 0 N–H and O–H groups in total. The summed E-state index contributed by atoms with van der Waals surface area (Å²) in [5, 5.41) is 0. The third-order valence-corrected chi connectivity index (χ3v) is 9.04. The molecule has 0 fully saturated rings. The smallest absolute Gasteiger partial charge is 0.306 e. The van der Waals surface area contributed by atoms with E-state index >= 15 is 0 Å². The quantitative estimate of drug-likeness (QED) is 0.0376. The van der Waals surface area contributed by atoms with E-state index in [2.05, 4.69) is 27.7 Å². The van der Waals surface area contributed by atoms with Crippen molar-refractivity contribution in [1.29, 1.82) is 0 Å². The Morgan fingerprint density at radius 1 is 0.404 bits per heavy atom. The molecule has 47 heavy (non-hydrogen) atoms.